The van der Waals surface area contributed by atoms with Crippen LogP contribution in [0.1, 0.15) is 38.9 Å². The monoisotopic (exact) mass is 411 g/mol. The quantitative estimate of drug-likeness (QED) is 0.481. The molecule has 31 heavy (non-hydrogen) atoms. The number of fused-ring (bicyclic) bond motifs is 2. The summed E-state index contributed by atoms with van der Waals surface area (Å²) >= 11 is 0. The second kappa shape index (κ2) is 7.43. The zero-order valence-electron chi connectivity index (χ0n) is 17.3. The molecule has 5 heteroatoms. The van der Waals surface area contributed by atoms with E-state index < -0.39 is 6.04 Å². The molecule has 5 nitrogen and oxygen atoms in total. The topological polar surface area (TPSA) is 59.8 Å². The molecular weight excluding hydrogens is 390 g/mol. The van der Waals surface area contributed by atoms with Crippen LogP contribution < -0.4 is 10.2 Å². The van der Waals surface area contributed by atoms with Crippen LogP contribution in [0.2, 0.25) is 0 Å². The third-order valence-corrected chi connectivity index (χ3v) is 5.75. The molecule has 1 aromatic heterocycles. The van der Waals surface area contributed by atoms with Crippen LogP contribution in [0, 0.1) is 6.92 Å². The van der Waals surface area contributed by atoms with Crippen LogP contribution in [-0.4, -0.2) is 17.9 Å². The lowest BCUT2D eigenvalue weighted by atomic mass is 9.98. The molecule has 5 rings (SSSR count). The number of aryl methyl sites for hydroxylation is 1. The maximum atomic E-state index is 13.5. The molecule has 0 fully saturated rings. The van der Waals surface area contributed by atoms with Crippen LogP contribution in [0.4, 0.5) is 0 Å². The minimum atomic E-state index is -0.507. The summed E-state index contributed by atoms with van der Waals surface area (Å²) in [6, 6.07) is 22.1. The largest absolute Gasteiger partial charge is 0.497 e. The summed E-state index contributed by atoms with van der Waals surface area (Å²) in [7, 11) is 1.62. The number of hydrogen-bond donors (Lipinski definition) is 0. The third-order valence-electron chi connectivity index (χ3n) is 5.75. The Hall–Kier alpha value is -3.86. The van der Waals surface area contributed by atoms with Gasteiger partial charge in [0, 0.05) is 6.54 Å². The predicted octanol–water partition coefficient (Wildman–Crippen LogP) is 4.86. The molecule has 0 bridgehead atoms. The van der Waals surface area contributed by atoms with Crippen LogP contribution in [0.25, 0.3) is 11.0 Å². The Bertz CT molecular complexity index is 1340. The Morgan fingerprint density at radius 2 is 1.71 bits per heavy atom. The van der Waals surface area contributed by atoms with E-state index in [-0.39, 0.29) is 17.1 Å². The van der Waals surface area contributed by atoms with Gasteiger partial charge in [0.1, 0.15) is 11.3 Å². The summed E-state index contributed by atoms with van der Waals surface area (Å²) in [5.41, 5.74) is 3.47. The van der Waals surface area contributed by atoms with Gasteiger partial charge in [0.05, 0.1) is 24.1 Å². The Kier molecular flexibility index (Phi) is 4.59. The van der Waals surface area contributed by atoms with Gasteiger partial charge in [-0.25, -0.2) is 0 Å². The van der Waals surface area contributed by atoms with Crippen molar-refractivity contribution in [3.63, 3.8) is 0 Å². The highest BCUT2D eigenvalue weighted by atomic mass is 16.5. The van der Waals surface area contributed by atoms with E-state index in [2.05, 4.69) is 0 Å². The molecule has 0 radical (unpaired) electrons. The lowest BCUT2D eigenvalue weighted by Crippen LogP contribution is -2.29. The van der Waals surface area contributed by atoms with Gasteiger partial charge >= 0.3 is 0 Å². The first-order valence-electron chi connectivity index (χ1n) is 10.1. The number of hydrogen-bond acceptors (Lipinski definition) is 4. The molecule has 0 spiro atoms. The van der Waals surface area contributed by atoms with Crippen LogP contribution in [0.15, 0.2) is 82.0 Å². The summed E-state index contributed by atoms with van der Waals surface area (Å²) in [6.45, 7) is 2.28. The summed E-state index contributed by atoms with van der Waals surface area (Å²) in [4.78, 5) is 28.7. The van der Waals surface area contributed by atoms with Gasteiger partial charge in [0.15, 0.2) is 5.43 Å². The molecule has 2 heterocycles. The predicted molar refractivity (Wildman–Crippen MR) is 118 cm³/mol. The van der Waals surface area contributed by atoms with Gasteiger partial charge in [-0.1, -0.05) is 54.1 Å². The number of nitrogens with zero attached hydrogens (tertiary/aromatic N) is 1. The van der Waals surface area contributed by atoms with Crippen LogP contribution in [0.3, 0.4) is 0 Å². The fourth-order valence-electron chi connectivity index (χ4n) is 4.21. The van der Waals surface area contributed by atoms with Gasteiger partial charge in [-0.15, -0.1) is 0 Å². The van der Waals surface area contributed by atoms with E-state index in [0.29, 0.717) is 23.1 Å². The van der Waals surface area contributed by atoms with Crippen molar-refractivity contribution in [1.82, 2.24) is 4.90 Å². The van der Waals surface area contributed by atoms with Crippen molar-refractivity contribution < 1.29 is 13.9 Å². The molecule has 3 aromatic carbocycles. The molecule has 1 aliphatic rings. The first-order chi connectivity index (χ1) is 15.1. The molecule has 1 amide bonds. The van der Waals surface area contributed by atoms with Gasteiger partial charge in [-0.2, -0.15) is 0 Å². The fraction of sp³-hybridized carbons (Fsp3) is 0.154. The molecule has 0 saturated carbocycles. The number of methoxy groups -OCH3 is 1. The Morgan fingerprint density at radius 3 is 2.42 bits per heavy atom. The van der Waals surface area contributed by atoms with E-state index in [1.54, 1.807) is 18.1 Å². The second-order valence-electron chi connectivity index (χ2n) is 7.77. The lowest BCUT2D eigenvalue weighted by Gasteiger charge is -2.25. The molecule has 1 unspecified atom stereocenters. The Labute approximate surface area is 179 Å². The van der Waals surface area contributed by atoms with Crippen LogP contribution in [0.5, 0.6) is 5.75 Å². The summed E-state index contributed by atoms with van der Waals surface area (Å²) in [5.74, 6) is 0.598. The van der Waals surface area contributed by atoms with Crippen LogP contribution in [-0.2, 0) is 6.54 Å². The fourth-order valence-corrected chi connectivity index (χ4v) is 4.21. The lowest BCUT2D eigenvalue weighted by molar-refractivity contribution is 0.0714. The zero-order chi connectivity index (χ0) is 21.5. The van der Waals surface area contributed by atoms with Gasteiger partial charge in [-0.05, 0) is 42.3 Å². The molecule has 0 aliphatic carbocycles. The molecule has 0 saturated heterocycles. The van der Waals surface area contributed by atoms with Crippen molar-refractivity contribution >= 4 is 16.9 Å². The van der Waals surface area contributed by atoms with E-state index in [4.69, 9.17) is 9.15 Å². The molecule has 154 valence electrons. The summed E-state index contributed by atoms with van der Waals surface area (Å²) in [6.07, 6.45) is 0. The molecular formula is C26H21NO4. The third kappa shape index (κ3) is 3.19. The molecule has 0 N–H and O–H groups in total. The van der Waals surface area contributed by atoms with E-state index in [0.717, 1.165) is 22.4 Å². The number of benzene rings is 3. The molecule has 1 atom stereocenters. The number of amides is 1. The SMILES string of the molecule is COc1ccc(CN2C(=O)c3oc4ccc(C)cc4c(=O)c3C2c2ccccc2)cc1. The van der Waals surface area contributed by atoms with E-state index in [1.165, 1.54) is 0 Å². The smallest absolute Gasteiger partial charge is 0.291 e. The van der Waals surface area contributed by atoms with Gasteiger partial charge in [-0.3, -0.25) is 9.59 Å². The van der Waals surface area contributed by atoms with Crippen molar-refractivity contribution in [2.24, 2.45) is 0 Å². The number of carbonyl (C=O) groups excluding carboxylic acids is 1. The minimum Gasteiger partial charge on any atom is -0.497 e. The van der Waals surface area contributed by atoms with Gasteiger partial charge < -0.3 is 14.1 Å². The summed E-state index contributed by atoms with van der Waals surface area (Å²) in [5, 5.41) is 0.499. The number of carbonyl (C=O) groups is 1. The van der Waals surface area contributed by atoms with Crippen molar-refractivity contribution in [3.05, 3.63) is 111 Å². The van der Waals surface area contributed by atoms with Crippen molar-refractivity contribution in [1.29, 1.82) is 0 Å². The molecule has 1 aliphatic heterocycles. The second-order valence-corrected chi connectivity index (χ2v) is 7.77. The zero-order valence-corrected chi connectivity index (χ0v) is 17.3. The van der Waals surface area contributed by atoms with Crippen LogP contribution >= 0.6 is 0 Å². The Morgan fingerprint density at radius 1 is 0.968 bits per heavy atom. The Balaban J connectivity index is 1.68. The highest BCUT2D eigenvalue weighted by Gasteiger charge is 2.42. The maximum absolute atomic E-state index is 13.5. The van der Waals surface area contributed by atoms with Crippen molar-refractivity contribution in [2.45, 2.75) is 19.5 Å². The van der Waals surface area contributed by atoms with Crippen molar-refractivity contribution in [2.75, 3.05) is 7.11 Å². The number of rotatable bonds is 4. The van der Waals surface area contributed by atoms with Crippen molar-refractivity contribution in [3.8, 4) is 5.75 Å². The van der Waals surface area contributed by atoms with E-state index >= 15 is 0 Å². The normalized spacial score (nSPS) is 15.4. The first-order valence-corrected chi connectivity index (χ1v) is 10.1. The van der Waals surface area contributed by atoms with E-state index in [9.17, 15) is 9.59 Å². The van der Waals surface area contributed by atoms with E-state index in [1.807, 2.05) is 73.7 Å². The standard InChI is InChI=1S/C26H21NO4/c1-16-8-13-21-20(14-16)24(28)22-23(18-6-4-3-5-7-18)27(26(29)25(22)31-21)15-17-9-11-19(30-2)12-10-17/h3-14,23H,15H2,1-2H3. The maximum Gasteiger partial charge on any atom is 0.291 e. The highest BCUT2D eigenvalue weighted by Crippen LogP contribution is 2.39. The number of ether oxygens (including phenoxy) is 1. The summed E-state index contributed by atoms with van der Waals surface area (Å²) < 4.78 is 11.2. The van der Waals surface area contributed by atoms with Gasteiger partial charge in [0.25, 0.3) is 5.91 Å². The average molecular weight is 411 g/mol. The first kappa shape index (κ1) is 19.1. The minimum absolute atomic E-state index is 0.128. The van der Waals surface area contributed by atoms with Gasteiger partial charge in [0.2, 0.25) is 5.76 Å². The highest BCUT2D eigenvalue weighted by molar-refractivity contribution is 5.99. The molecule has 4 aromatic rings. The average Bonchev–Trinajstić information content (AvgIpc) is 3.07.